The maximum Gasteiger partial charge on any atom is 0.0346 e. The van der Waals surface area contributed by atoms with E-state index in [2.05, 4.69) is 177 Å². The van der Waals surface area contributed by atoms with E-state index < -0.39 is 0 Å². The van der Waals surface area contributed by atoms with Gasteiger partial charge in [0.2, 0.25) is 0 Å². The lowest BCUT2D eigenvalue weighted by Crippen LogP contribution is -2.09. The van der Waals surface area contributed by atoms with Crippen LogP contribution in [0.15, 0.2) is 24.3 Å². The van der Waals surface area contributed by atoms with E-state index in [1.807, 2.05) is 0 Å². The Hall–Kier alpha value is -3.56. The smallest absolute Gasteiger partial charge is 0.0346 e. The normalized spacial score (nSPS) is 11.4. The van der Waals surface area contributed by atoms with Gasteiger partial charge in [0.25, 0.3) is 0 Å². The number of alkyl halides is 2. The number of unbranched alkanes of at least 4 members (excludes halogenated alkanes) is 8. The van der Waals surface area contributed by atoms with Crippen LogP contribution in [0.1, 0.15) is 276 Å². The van der Waals surface area contributed by atoms with Crippen molar-refractivity contribution in [1.82, 2.24) is 0 Å². The highest BCUT2D eigenvalue weighted by Gasteiger charge is 2.25. The van der Waals surface area contributed by atoms with Gasteiger partial charge in [-0.1, -0.05) is 179 Å². The third-order valence-electron chi connectivity index (χ3n) is 17.6. The quantitative estimate of drug-likeness (QED) is 0.0199. The Morgan fingerprint density at radius 3 is 0.667 bits per heavy atom. The molecular formula is C76H106Br2. The molecule has 0 heterocycles. The second kappa shape index (κ2) is 34.0. The Morgan fingerprint density at radius 2 is 0.462 bits per heavy atom. The SMILES string of the molecule is CCCCC#CCc1c(CC#CCCCC)c(CCCC)c2cc3c(CC)c(CC)c(CC)c(CC)c3cc2c1CCCC.CCCCc1c(CBr)c(CBr)c(CCCC)c2cc3c(CC)c(CC)c(CC)c(CC)c3cc12. The molecule has 0 nitrogen and oxygen atoms in total. The van der Waals surface area contributed by atoms with Crippen LogP contribution in [0.5, 0.6) is 0 Å². The molecule has 78 heavy (non-hydrogen) atoms. The molecule has 0 amide bonds. The molecule has 2 heteroatoms. The molecule has 0 fully saturated rings. The van der Waals surface area contributed by atoms with Crippen LogP contribution in [0.3, 0.4) is 0 Å². The Bertz CT molecular complexity index is 2840. The van der Waals surface area contributed by atoms with Crippen molar-refractivity contribution in [3.8, 4) is 23.7 Å². The number of fused-ring (bicyclic) bond motifs is 4. The number of halogens is 2. The molecule has 0 bridgehead atoms. The number of aryl methyl sites for hydroxylation is 8. The first-order valence-corrected chi connectivity index (χ1v) is 34.6. The molecule has 424 valence electrons. The molecule has 0 saturated heterocycles. The van der Waals surface area contributed by atoms with E-state index in [1.54, 1.807) is 66.8 Å². The van der Waals surface area contributed by atoms with E-state index in [-0.39, 0.29) is 0 Å². The molecule has 0 saturated carbocycles. The predicted molar refractivity (Wildman–Crippen MR) is 360 cm³/mol. The van der Waals surface area contributed by atoms with Gasteiger partial charge < -0.3 is 0 Å². The van der Waals surface area contributed by atoms with Crippen LogP contribution in [0.4, 0.5) is 0 Å². The first-order chi connectivity index (χ1) is 38.1. The van der Waals surface area contributed by atoms with Crippen molar-refractivity contribution in [3.63, 3.8) is 0 Å². The van der Waals surface area contributed by atoms with Gasteiger partial charge in [0, 0.05) is 36.3 Å². The molecule has 6 aromatic rings. The maximum atomic E-state index is 3.90. The second-order valence-electron chi connectivity index (χ2n) is 22.3. The van der Waals surface area contributed by atoms with Gasteiger partial charge in [-0.05, 0) is 272 Å². The molecular weight excluding hydrogens is 1070 g/mol. The van der Waals surface area contributed by atoms with Crippen LogP contribution < -0.4 is 0 Å². The van der Waals surface area contributed by atoms with Gasteiger partial charge in [0.05, 0.1) is 0 Å². The zero-order chi connectivity index (χ0) is 56.7. The van der Waals surface area contributed by atoms with Gasteiger partial charge in [-0.2, -0.15) is 0 Å². The summed E-state index contributed by atoms with van der Waals surface area (Å²) in [6.07, 6.45) is 31.9. The van der Waals surface area contributed by atoms with Gasteiger partial charge >= 0.3 is 0 Å². The summed E-state index contributed by atoms with van der Waals surface area (Å²) in [4.78, 5) is 0. The Kier molecular flexibility index (Phi) is 28.5. The summed E-state index contributed by atoms with van der Waals surface area (Å²) in [6, 6.07) is 10.5. The molecule has 0 aliphatic heterocycles. The summed E-state index contributed by atoms with van der Waals surface area (Å²) < 4.78 is 0. The highest BCUT2D eigenvalue weighted by Crippen LogP contribution is 2.43. The van der Waals surface area contributed by atoms with Gasteiger partial charge in [-0.3, -0.25) is 0 Å². The summed E-state index contributed by atoms with van der Waals surface area (Å²) in [5.74, 6) is 14.4. The first-order valence-electron chi connectivity index (χ1n) is 32.3. The Balaban J connectivity index is 0.000000297. The van der Waals surface area contributed by atoms with Gasteiger partial charge in [0.15, 0.2) is 0 Å². The monoisotopic (exact) mass is 1180 g/mol. The van der Waals surface area contributed by atoms with E-state index in [0.717, 1.165) is 101 Å². The number of hydrogen-bond donors (Lipinski definition) is 0. The van der Waals surface area contributed by atoms with Crippen molar-refractivity contribution < 1.29 is 0 Å². The lowest BCUT2D eigenvalue weighted by molar-refractivity contribution is 0.781. The number of rotatable bonds is 28. The minimum absolute atomic E-state index is 0.859. The van der Waals surface area contributed by atoms with Crippen molar-refractivity contribution in [3.05, 3.63) is 113 Å². The molecule has 0 aliphatic rings. The topological polar surface area (TPSA) is 0 Å². The second-order valence-corrected chi connectivity index (χ2v) is 23.4. The van der Waals surface area contributed by atoms with Crippen molar-refractivity contribution in [2.24, 2.45) is 0 Å². The molecule has 0 spiro atoms. The Labute approximate surface area is 495 Å². The summed E-state index contributed by atoms with van der Waals surface area (Å²) in [6.45, 7) is 32.7. The van der Waals surface area contributed by atoms with E-state index >= 15 is 0 Å². The maximum absolute atomic E-state index is 3.90. The standard InChI is InChI=1S/C44H62.C32H44Br2/c1-9-17-21-23-25-29-37-38(30-26-24-22-18-10-2)40(28-20-12-4)44-32-42-36(16-8)34(14-6)33(13-5)35(15-7)41(42)31-43(44)39(37)27-19-11-3;1-7-13-15-25-29-17-27-23(11-5)21(9-3)22(10-4)24(12-6)28(27)18-30(29)26(16-14-8-2)32(20-34)31(25)19-33/h31-32H,9-22,27-30H2,1-8H3;17-18H,7-16,19-20H2,1-6H3. The molecule has 0 atom stereocenters. The Morgan fingerprint density at radius 1 is 0.244 bits per heavy atom. The molecule has 0 aromatic heterocycles. The molecule has 0 N–H and O–H groups in total. The summed E-state index contributed by atoms with van der Waals surface area (Å²) >= 11 is 7.80. The fourth-order valence-electron chi connectivity index (χ4n) is 13.6. The molecule has 0 unspecified atom stereocenters. The highest BCUT2D eigenvalue weighted by atomic mass is 79.9. The zero-order valence-corrected chi connectivity index (χ0v) is 55.5. The molecule has 0 radical (unpaired) electrons. The van der Waals surface area contributed by atoms with Crippen LogP contribution >= 0.6 is 31.9 Å². The van der Waals surface area contributed by atoms with Crippen LogP contribution in [0.25, 0.3) is 43.1 Å². The van der Waals surface area contributed by atoms with Crippen molar-refractivity contribution in [2.45, 2.75) is 287 Å². The highest BCUT2D eigenvalue weighted by molar-refractivity contribution is 9.09. The lowest BCUT2D eigenvalue weighted by Gasteiger charge is -2.25. The minimum Gasteiger partial charge on any atom is -0.103 e. The van der Waals surface area contributed by atoms with Gasteiger partial charge in [-0.15, -0.1) is 11.8 Å². The molecule has 6 aromatic carbocycles. The average Bonchev–Trinajstić information content (AvgIpc) is 3.63. The van der Waals surface area contributed by atoms with Gasteiger partial charge in [0.1, 0.15) is 0 Å². The summed E-state index contributed by atoms with van der Waals surface area (Å²) in [7, 11) is 0. The third kappa shape index (κ3) is 14.7. The van der Waals surface area contributed by atoms with Crippen LogP contribution in [0, 0.1) is 23.7 Å². The fourth-order valence-corrected chi connectivity index (χ4v) is 14.9. The fraction of sp³-hybridized carbons (Fsp3) is 0.579. The van der Waals surface area contributed by atoms with Crippen LogP contribution in [0.2, 0.25) is 0 Å². The predicted octanol–water partition coefficient (Wildman–Crippen LogP) is 23.1. The number of hydrogen-bond acceptors (Lipinski definition) is 0. The van der Waals surface area contributed by atoms with E-state index in [4.69, 9.17) is 0 Å². The first kappa shape index (κ1) is 65.3. The average molecular weight is 1180 g/mol. The lowest BCUT2D eigenvalue weighted by atomic mass is 9.79. The van der Waals surface area contributed by atoms with E-state index in [0.29, 0.717) is 0 Å². The number of benzene rings is 6. The zero-order valence-electron chi connectivity index (χ0n) is 52.3. The minimum atomic E-state index is 0.859. The van der Waals surface area contributed by atoms with Crippen LogP contribution in [-0.4, -0.2) is 0 Å². The van der Waals surface area contributed by atoms with Crippen molar-refractivity contribution in [2.75, 3.05) is 0 Å². The third-order valence-corrected chi connectivity index (χ3v) is 18.7. The summed E-state index contributed by atoms with van der Waals surface area (Å²) in [5.41, 5.74) is 25.2. The van der Waals surface area contributed by atoms with Crippen molar-refractivity contribution >= 4 is 74.9 Å². The van der Waals surface area contributed by atoms with E-state index in [1.165, 1.54) is 155 Å². The van der Waals surface area contributed by atoms with Gasteiger partial charge in [-0.25, -0.2) is 0 Å². The van der Waals surface area contributed by atoms with E-state index in [9.17, 15) is 0 Å². The van der Waals surface area contributed by atoms with Crippen molar-refractivity contribution in [1.29, 1.82) is 0 Å². The largest absolute Gasteiger partial charge is 0.103 e. The molecule has 6 rings (SSSR count). The summed E-state index contributed by atoms with van der Waals surface area (Å²) in [5, 5.41) is 14.0. The van der Waals surface area contributed by atoms with Crippen LogP contribution in [-0.2, 0) is 101 Å². The molecule has 0 aliphatic carbocycles.